The molecule has 144 valence electrons. The van der Waals surface area contributed by atoms with Gasteiger partial charge in [-0.1, -0.05) is 18.5 Å². The van der Waals surface area contributed by atoms with Gasteiger partial charge in [0.05, 0.1) is 24.5 Å². The van der Waals surface area contributed by atoms with Crippen LogP contribution in [0.3, 0.4) is 0 Å². The van der Waals surface area contributed by atoms with E-state index in [0.29, 0.717) is 41.7 Å². The lowest BCUT2D eigenvalue weighted by Crippen LogP contribution is -2.54. The van der Waals surface area contributed by atoms with E-state index < -0.39 is 0 Å². The minimum absolute atomic E-state index is 0.171. The molecule has 0 unspecified atom stereocenters. The van der Waals surface area contributed by atoms with Gasteiger partial charge >= 0.3 is 0 Å². The van der Waals surface area contributed by atoms with Crippen LogP contribution in [0, 0.1) is 0 Å². The Morgan fingerprint density at radius 3 is 2.96 bits per heavy atom. The summed E-state index contributed by atoms with van der Waals surface area (Å²) in [6, 6.07) is 5.36. The molecule has 4 rings (SSSR count). The van der Waals surface area contributed by atoms with Crippen LogP contribution in [0.4, 0.5) is 5.69 Å². The minimum Gasteiger partial charge on any atom is -0.461 e. The Labute approximate surface area is 165 Å². The monoisotopic (exact) mass is 399 g/mol. The SMILES string of the molecule is CCc1c(Cl)[nH]c2ncc(-c3ccc(N)c(C(=O)N4CC(OC=O)C4)n3)cc12. The van der Waals surface area contributed by atoms with E-state index in [1.165, 1.54) is 0 Å². The molecule has 1 fully saturated rings. The van der Waals surface area contributed by atoms with Gasteiger partial charge in [-0.25, -0.2) is 9.97 Å². The first-order valence-corrected chi connectivity index (χ1v) is 9.21. The molecule has 1 aliphatic heterocycles. The van der Waals surface area contributed by atoms with Gasteiger partial charge in [-0.3, -0.25) is 9.59 Å². The van der Waals surface area contributed by atoms with Gasteiger partial charge in [-0.05, 0) is 30.2 Å². The van der Waals surface area contributed by atoms with Gasteiger partial charge < -0.3 is 20.4 Å². The van der Waals surface area contributed by atoms with Crippen LogP contribution in [-0.4, -0.2) is 51.4 Å². The topological polar surface area (TPSA) is 114 Å². The van der Waals surface area contributed by atoms with Crippen LogP contribution in [0.15, 0.2) is 24.4 Å². The second-order valence-corrected chi connectivity index (χ2v) is 6.97. The molecular formula is C19H18ClN5O3. The summed E-state index contributed by atoms with van der Waals surface area (Å²) in [5.41, 5.74) is 9.49. The van der Waals surface area contributed by atoms with Gasteiger partial charge in [-0.15, -0.1) is 0 Å². The highest BCUT2D eigenvalue weighted by molar-refractivity contribution is 6.31. The molecular weight excluding hydrogens is 382 g/mol. The Balaban J connectivity index is 1.66. The predicted molar refractivity (Wildman–Crippen MR) is 105 cm³/mol. The number of rotatable bonds is 5. The maximum Gasteiger partial charge on any atom is 0.293 e. The molecule has 1 aliphatic rings. The van der Waals surface area contributed by atoms with Crippen molar-refractivity contribution in [2.75, 3.05) is 18.8 Å². The number of nitrogen functional groups attached to an aromatic ring is 1. The largest absolute Gasteiger partial charge is 0.461 e. The first-order valence-electron chi connectivity index (χ1n) is 8.83. The average Bonchev–Trinajstić information content (AvgIpc) is 2.98. The number of carbonyl (C=O) groups excluding carboxylic acids is 2. The van der Waals surface area contributed by atoms with E-state index >= 15 is 0 Å². The van der Waals surface area contributed by atoms with E-state index in [1.807, 2.05) is 13.0 Å². The van der Waals surface area contributed by atoms with Crippen molar-refractivity contribution in [3.63, 3.8) is 0 Å². The standard InChI is InChI=1S/C19H18ClN5O3/c1-2-12-13-5-10(6-22-18(13)24-17(12)20)15-4-3-14(21)16(23-15)19(27)25-7-11(8-25)28-9-26/h3-6,9,11H,2,7-8,21H2,1H3,(H,22,24). The maximum absolute atomic E-state index is 12.7. The van der Waals surface area contributed by atoms with Gasteiger partial charge in [0.15, 0.2) is 5.69 Å². The summed E-state index contributed by atoms with van der Waals surface area (Å²) < 4.78 is 4.83. The predicted octanol–water partition coefficient (Wildman–Crippen LogP) is 2.42. The highest BCUT2D eigenvalue weighted by atomic mass is 35.5. The molecule has 3 aromatic heterocycles. The molecule has 1 saturated heterocycles. The number of likely N-dealkylation sites (tertiary alicyclic amines) is 1. The number of fused-ring (bicyclic) bond motifs is 1. The molecule has 0 radical (unpaired) electrons. The third-order valence-electron chi connectivity index (χ3n) is 4.87. The molecule has 0 aliphatic carbocycles. The van der Waals surface area contributed by atoms with Crippen LogP contribution in [0.5, 0.6) is 0 Å². The lowest BCUT2D eigenvalue weighted by Gasteiger charge is -2.37. The van der Waals surface area contributed by atoms with E-state index in [1.54, 1.807) is 23.2 Å². The second kappa shape index (κ2) is 7.12. The number of aromatic nitrogens is 3. The van der Waals surface area contributed by atoms with Crippen molar-refractivity contribution < 1.29 is 14.3 Å². The number of ether oxygens (including phenoxy) is 1. The minimum atomic E-state index is -0.293. The van der Waals surface area contributed by atoms with Gasteiger partial charge in [-0.2, -0.15) is 0 Å². The van der Waals surface area contributed by atoms with Crippen LogP contribution < -0.4 is 5.73 Å². The summed E-state index contributed by atoms with van der Waals surface area (Å²) in [5.74, 6) is -0.293. The van der Waals surface area contributed by atoms with Crippen LogP contribution in [-0.2, 0) is 16.0 Å². The Morgan fingerprint density at radius 2 is 2.25 bits per heavy atom. The van der Waals surface area contributed by atoms with Gasteiger partial charge in [0.1, 0.15) is 16.9 Å². The normalized spacial score (nSPS) is 14.1. The third kappa shape index (κ3) is 3.05. The zero-order valence-corrected chi connectivity index (χ0v) is 15.9. The van der Waals surface area contributed by atoms with Crippen molar-refractivity contribution in [1.29, 1.82) is 0 Å². The van der Waals surface area contributed by atoms with Crippen molar-refractivity contribution in [3.05, 3.63) is 40.8 Å². The van der Waals surface area contributed by atoms with E-state index in [4.69, 9.17) is 22.1 Å². The number of nitrogens with two attached hydrogens (primary N) is 1. The molecule has 3 N–H and O–H groups in total. The van der Waals surface area contributed by atoms with E-state index in [2.05, 4.69) is 15.0 Å². The molecule has 9 heteroatoms. The van der Waals surface area contributed by atoms with Crippen molar-refractivity contribution >= 4 is 40.7 Å². The second-order valence-electron chi connectivity index (χ2n) is 6.59. The molecule has 28 heavy (non-hydrogen) atoms. The Bertz CT molecular complexity index is 1070. The summed E-state index contributed by atoms with van der Waals surface area (Å²) in [4.78, 5) is 36.6. The number of aromatic amines is 1. The third-order valence-corrected chi connectivity index (χ3v) is 5.19. The molecule has 0 spiro atoms. The molecule has 0 aromatic carbocycles. The lowest BCUT2D eigenvalue weighted by molar-refractivity contribution is -0.139. The van der Waals surface area contributed by atoms with Crippen molar-refractivity contribution in [3.8, 4) is 11.3 Å². The van der Waals surface area contributed by atoms with Crippen molar-refractivity contribution in [2.45, 2.75) is 19.4 Å². The number of nitrogens with zero attached hydrogens (tertiary/aromatic N) is 3. The number of pyridine rings is 2. The van der Waals surface area contributed by atoms with Crippen LogP contribution in [0.2, 0.25) is 5.15 Å². The molecule has 1 amide bonds. The van der Waals surface area contributed by atoms with Crippen LogP contribution >= 0.6 is 11.6 Å². The Hall–Kier alpha value is -3.13. The van der Waals surface area contributed by atoms with Gasteiger partial charge in [0.25, 0.3) is 12.4 Å². The number of hydrogen-bond acceptors (Lipinski definition) is 6. The van der Waals surface area contributed by atoms with Crippen LogP contribution in [0.25, 0.3) is 22.3 Å². The summed E-state index contributed by atoms with van der Waals surface area (Å²) in [6.07, 6.45) is 2.17. The molecule has 0 saturated carbocycles. The smallest absolute Gasteiger partial charge is 0.293 e. The number of amides is 1. The highest BCUT2D eigenvalue weighted by Crippen LogP contribution is 2.30. The Morgan fingerprint density at radius 1 is 1.46 bits per heavy atom. The first kappa shape index (κ1) is 18.2. The lowest BCUT2D eigenvalue weighted by atomic mass is 10.1. The first-order chi connectivity index (χ1) is 13.5. The zero-order valence-electron chi connectivity index (χ0n) is 15.1. The zero-order chi connectivity index (χ0) is 19.8. The number of hydrogen-bond donors (Lipinski definition) is 2. The van der Waals surface area contributed by atoms with Crippen molar-refractivity contribution in [2.24, 2.45) is 0 Å². The summed E-state index contributed by atoms with van der Waals surface area (Å²) >= 11 is 6.24. The number of aryl methyl sites for hydroxylation is 1. The fourth-order valence-electron chi connectivity index (χ4n) is 3.30. The Kier molecular flexibility index (Phi) is 4.64. The number of carbonyl (C=O) groups is 2. The quantitative estimate of drug-likeness (QED) is 0.637. The van der Waals surface area contributed by atoms with E-state index in [9.17, 15) is 9.59 Å². The molecule has 4 heterocycles. The van der Waals surface area contributed by atoms with Crippen molar-refractivity contribution in [1.82, 2.24) is 19.9 Å². The number of nitrogens with one attached hydrogen (secondary N) is 1. The summed E-state index contributed by atoms with van der Waals surface area (Å²) in [7, 11) is 0. The summed E-state index contributed by atoms with van der Waals surface area (Å²) in [6.45, 7) is 3.07. The average molecular weight is 400 g/mol. The molecule has 0 atom stereocenters. The van der Waals surface area contributed by atoms with Gasteiger partial charge in [0, 0.05) is 17.1 Å². The summed E-state index contributed by atoms with van der Waals surface area (Å²) in [5, 5.41) is 1.50. The van der Waals surface area contributed by atoms with E-state index in [0.717, 1.165) is 22.9 Å². The number of anilines is 1. The molecule has 0 bridgehead atoms. The number of halogens is 1. The fourth-order valence-corrected chi connectivity index (χ4v) is 3.62. The van der Waals surface area contributed by atoms with Crippen LogP contribution in [0.1, 0.15) is 23.0 Å². The molecule has 3 aromatic rings. The fraction of sp³-hybridized carbons (Fsp3) is 0.263. The van der Waals surface area contributed by atoms with E-state index in [-0.39, 0.29) is 17.7 Å². The highest BCUT2D eigenvalue weighted by Gasteiger charge is 2.34. The number of H-pyrrole nitrogens is 1. The maximum atomic E-state index is 12.7. The van der Waals surface area contributed by atoms with Gasteiger partial charge in [0.2, 0.25) is 0 Å². The molecule has 8 nitrogen and oxygen atoms in total.